The molecule has 3 rings (SSSR count). The van der Waals surface area contributed by atoms with Crippen LogP contribution in [0.1, 0.15) is 11.1 Å². The Morgan fingerprint density at radius 2 is 1.76 bits per heavy atom. The molecule has 1 aromatic carbocycles. The first-order valence-electron chi connectivity index (χ1n) is 5.81. The molecule has 1 spiro atoms. The summed E-state index contributed by atoms with van der Waals surface area (Å²) in [6.07, 6.45) is 0. The van der Waals surface area contributed by atoms with Crippen LogP contribution in [0.4, 0.5) is 17.6 Å². The highest BCUT2D eigenvalue weighted by Gasteiger charge is 2.55. The Kier molecular flexibility index (Phi) is 3.12. The van der Waals surface area contributed by atoms with E-state index in [0.717, 1.165) is 6.07 Å². The van der Waals surface area contributed by atoms with E-state index in [4.69, 9.17) is 9.47 Å². The summed E-state index contributed by atoms with van der Waals surface area (Å²) in [5, 5.41) is 0. The van der Waals surface area contributed by atoms with Gasteiger partial charge in [0.25, 0.3) is 5.79 Å². The van der Waals surface area contributed by atoms with Gasteiger partial charge in [0.15, 0.2) is 11.8 Å². The monoisotopic (exact) mass is 324 g/mol. The number of alkyl halides is 1. The van der Waals surface area contributed by atoms with Crippen LogP contribution in [0, 0.1) is 5.82 Å². The number of sulfone groups is 1. The summed E-state index contributed by atoms with van der Waals surface area (Å²) >= 11 is 0. The zero-order chi connectivity index (χ0) is 15.4. The summed E-state index contributed by atoms with van der Waals surface area (Å²) in [5.74, 6) is -6.83. The maximum absolute atomic E-state index is 14.1. The molecule has 0 amide bonds. The second-order valence-electron chi connectivity index (χ2n) is 4.46. The summed E-state index contributed by atoms with van der Waals surface area (Å²) in [6, 6.07) is -0.436. The largest absolute Gasteiger partial charge is 0.338 e. The third kappa shape index (κ3) is 1.77. The van der Waals surface area contributed by atoms with Gasteiger partial charge < -0.3 is 9.47 Å². The topological polar surface area (TPSA) is 52.6 Å². The second kappa shape index (κ2) is 4.52. The van der Waals surface area contributed by atoms with Crippen LogP contribution in [0.15, 0.2) is 22.9 Å². The molecule has 0 saturated carbocycles. The molecule has 0 atom stereocenters. The fourth-order valence-electron chi connectivity index (χ4n) is 2.46. The molecule has 0 N–H and O–H groups in total. The Balaban J connectivity index is 2.40. The molecule has 1 fully saturated rings. The van der Waals surface area contributed by atoms with Crippen molar-refractivity contribution in [3.63, 3.8) is 0 Å². The van der Waals surface area contributed by atoms with Crippen LogP contribution in [0.25, 0.3) is 5.83 Å². The number of halogens is 4. The Bertz CT molecular complexity index is 751. The molecule has 9 heteroatoms. The van der Waals surface area contributed by atoms with Gasteiger partial charge in [0.1, 0.15) is 5.82 Å². The fourth-order valence-corrected chi connectivity index (χ4v) is 3.41. The Labute approximate surface area is 116 Å². The number of hydrogen-bond acceptors (Lipinski definition) is 4. The Hall–Kier alpha value is -1.45. The molecule has 0 radical (unpaired) electrons. The van der Waals surface area contributed by atoms with Crippen molar-refractivity contribution in [2.75, 3.05) is 19.2 Å². The average Bonchev–Trinajstić information content (AvgIpc) is 3.02. The van der Waals surface area contributed by atoms with Gasteiger partial charge in [-0.15, -0.1) is 0 Å². The van der Waals surface area contributed by atoms with Gasteiger partial charge in [0.2, 0.25) is 15.7 Å². The van der Waals surface area contributed by atoms with E-state index in [0.29, 0.717) is 6.07 Å². The molecule has 2 aliphatic rings. The number of hydrogen-bond donors (Lipinski definition) is 0. The second-order valence-corrected chi connectivity index (χ2v) is 6.35. The maximum Gasteiger partial charge on any atom is 0.254 e. The molecule has 1 aromatic rings. The summed E-state index contributed by atoms with van der Waals surface area (Å²) < 4.78 is 88.1. The quantitative estimate of drug-likeness (QED) is 0.619. The van der Waals surface area contributed by atoms with Crippen molar-refractivity contribution in [3.05, 3.63) is 34.9 Å². The van der Waals surface area contributed by atoms with Crippen LogP contribution in [-0.4, -0.2) is 27.6 Å². The van der Waals surface area contributed by atoms with Crippen molar-refractivity contribution in [2.24, 2.45) is 0 Å². The van der Waals surface area contributed by atoms with Crippen LogP contribution >= 0.6 is 0 Å². The number of benzene rings is 1. The van der Waals surface area contributed by atoms with Gasteiger partial charge in [-0.25, -0.2) is 26.0 Å². The predicted octanol–water partition coefficient (Wildman–Crippen LogP) is 2.35. The first kappa shape index (κ1) is 14.5. The zero-order valence-corrected chi connectivity index (χ0v) is 11.1. The average molecular weight is 324 g/mol. The molecular formula is C12H8F4O4S. The van der Waals surface area contributed by atoms with Crippen molar-refractivity contribution < 1.29 is 35.5 Å². The molecule has 4 nitrogen and oxygen atoms in total. The summed E-state index contributed by atoms with van der Waals surface area (Å²) in [5.41, 5.74) is -1.60. The first-order valence-corrected chi connectivity index (χ1v) is 7.46. The van der Waals surface area contributed by atoms with Gasteiger partial charge in [-0.2, -0.15) is 0 Å². The summed E-state index contributed by atoms with van der Waals surface area (Å²) in [4.78, 5) is -0.758. The minimum absolute atomic E-state index is 0.147. The molecule has 1 aliphatic heterocycles. The van der Waals surface area contributed by atoms with Crippen molar-refractivity contribution in [3.8, 4) is 0 Å². The number of ether oxygens (including phenoxy) is 2. The lowest BCUT2D eigenvalue weighted by Gasteiger charge is -2.24. The van der Waals surface area contributed by atoms with Crippen molar-refractivity contribution in [1.82, 2.24) is 0 Å². The lowest BCUT2D eigenvalue weighted by molar-refractivity contribution is -0.146. The number of fused-ring (bicyclic) bond motifs is 2. The van der Waals surface area contributed by atoms with Gasteiger partial charge in [0.05, 0.1) is 29.2 Å². The van der Waals surface area contributed by atoms with E-state index < -0.39 is 55.1 Å². The molecule has 0 unspecified atom stereocenters. The van der Waals surface area contributed by atoms with E-state index in [1.807, 2.05) is 0 Å². The lowest BCUT2D eigenvalue weighted by atomic mass is 10.1. The highest BCUT2D eigenvalue weighted by molar-refractivity contribution is 7.91. The highest BCUT2D eigenvalue weighted by atomic mass is 32.2. The standard InChI is InChI=1S/C12H8F4O4S/c13-5-21(17,18)7-2-1-6(14)8-9(7)12(11(16)10(8)15)19-3-4-20-12/h1-2H,3-5H2. The Morgan fingerprint density at radius 3 is 2.33 bits per heavy atom. The summed E-state index contributed by atoms with van der Waals surface area (Å²) in [6.45, 7) is -0.294. The maximum atomic E-state index is 14.1. The van der Waals surface area contributed by atoms with E-state index in [-0.39, 0.29) is 13.2 Å². The molecule has 21 heavy (non-hydrogen) atoms. The lowest BCUT2D eigenvalue weighted by Crippen LogP contribution is -2.28. The third-order valence-electron chi connectivity index (χ3n) is 3.32. The van der Waals surface area contributed by atoms with Gasteiger partial charge in [-0.3, -0.25) is 0 Å². The predicted molar refractivity (Wildman–Crippen MR) is 62.3 cm³/mol. The SMILES string of the molecule is O=S(=O)(CF)c1ccc(F)c2c1C1(OCCO1)C(F)=C2F. The molecule has 0 bridgehead atoms. The highest BCUT2D eigenvalue weighted by Crippen LogP contribution is 2.53. The molecule has 1 saturated heterocycles. The van der Waals surface area contributed by atoms with Gasteiger partial charge in [-0.05, 0) is 12.1 Å². The van der Waals surface area contributed by atoms with Crippen LogP contribution in [-0.2, 0) is 25.1 Å². The normalized spacial score (nSPS) is 20.4. The van der Waals surface area contributed by atoms with Crippen molar-refractivity contribution >= 4 is 15.7 Å². The molecule has 1 aliphatic carbocycles. The van der Waals surface area contributed by atoms with E-state index in [2.05, 4.69) is 0 Å². The van der Waals surface area contributed by atoms with Gasteiger partial charge >= 0.3 is 0 Å². The smallest absolute Gasteiger partial charge is 0.254 e. The van der Waals surface area contributed by atoms with E-state index >= 15 is 0 Å². The molecule has 0 aromatic heterocycles. The van der Waals surface area contributed by atoms with Crippen LogP contribution in [0.3, 0.4) is 0 Å². The fraction of sp³-hybridized carbons (Fsp3) is 0.333. The first-order chi connectivity index (χ1) is 9.85. The number of rotatable bonds is 2. The van der Waals surface area contributed by atoms with Crippen molar-refractivity contribution in [1.29, 1.82) is 0 Å². The Morgan fingerprint density at radius 1 is 1.14 bits per heavy atom. The van der Waals surface area contributed by atoms with Gasteiger partial charge in [0, 0.05) is 0 Å². The molecule has 1 heterocycles. The minimum Gasteiger partial charge on any atom is -0.338 e. The zero-order valence-electron chi connectivity index (χ0n) is 10.3. The van der Waals surface area contributed by atoms with Gasteiger partial charge in [-0.1, -0.05) is 0 Å². The van der Waals surface area contributed by atoms with Crippen LogP contribution in [0.2, 0.25) is 0 Å². The van der Waals surface area contributed by atoms with Crippen LogP contribution < -0.4 is 0 Å². The van der Waals surface area contributed by atoms with E-state index in [1.165, 1.54) is 0 Å². The summed E-state index contributed by atoms with van der Waals surface area (Å²) in [7, 11) is -4.50. The minimum atomic E-state index is -4.50. The van der Waals surface area contributed by atoms with E-state index in [9.17, 15) is 26.0 Å². The van der Waals surface area contributed by atoms with Crippen LogP contribution in [0.5, 0.6) is 0 Å². The molecular weight excluding hydrogens is 316 g/mol. The molecule has 114 valence electrons. The van der Waals surface area contributed by atoms with E-state index in [1.54, 1.807) is 0 Å². The third-order valence-corrected chi connectivity index (χ3v) is 4.62. The van der Waals surface area contributed by atoms with Crippen molar-refractivity contribution in [2.45, 2.75) is 10.7 Å².